The molecule has 0 atom stereocenters. The van der Waals surface area contributed by atoms with Crippen LogP contribution in [0.4, 0.5) is 10.1 Å². The van der Waals surface area contributed by atoms with Gasteiger partial charge in [-0.2, -0.15) is 0 Å². The second-order valence-electron chi connectivity index (χ2n) is 6.92. The molecule has 5 rings (SSSR count). The Morgan fingerprint density at radius 2 is 1.90 bits per heavy atom. The molecule has 31 heavy (non-hydrogen) atoms. The quantitative estimate of drug-likeness (QED) is 0.527. The summed E-state index contributed by atoms with van der Waals surface area (Å²) in [6.45, 7) is 0.733. The summed E-state index contributed by atoms with van der Waals surface area (Å²) < 4.78 is 25.5. The number of nitrogens with zero attached hydrogens (tertiary/aromatic N) is 2. The molecule has 1 N–H and O–H groups in total. The van der Waals surface area contributed by atoms with Crippen LogP contribution in [-0.4, -0.2) is 28.7 Å². The van der Waals surface area contributed by atoms with Crippen LogP contribution in [0.1, 0.15) is 0 Å². The fourth-order valence-electron chi connectivity index (χ4n) is 3.40. The van der Waals surface area contributed by atoms with Crippen molar-refractivity contribution in [3.05, 3.63) is 70.3 Å². The van der Waals surface area contributed by atoms with Gasteiger partial charge in [0.2, 0.25) is 5.91 Å². The van der Waals surface area contributed by atoms with Crippen LogP contribution in [0.5, 0.6) is 11.5 Å². The summed E-state index contributed by atoms with van der Waals surface area (Å²) in [7, 11) is 0. The van der Waals surface area contributed by atoms with E-state index in [0.717, 1.165) is 0 Å². The van der Waals surface area contributed by atoms with Gasteiger partial charge in [-0.15, -0.1) is 11.3 Å². The number of aromatic nitrogens is 2. The Labute approximate surface area is 179 Å². The summed E-state index contributed by atoms with van der Waals surface area (Å²) in [5.41, 5.74) is 1.59. The van der Waals surface area contributed by atoms with Crippen LogP contribution < -0.4 is 20.3 Å². The molecule has 0 radical (unpaired) electrons. The molecule has 2 aromatic carbocycles. The van der Waals surface area contributed by atoms with Gasteiger partial charge in [0.15, 0.2) is 11.5 Å². The highest BCUT2D eigenvalue weighted by atomic mass is 32.1. The van der Waals surface area contributed by atoms with E-state index >= 15 is 0 Å². The number of thiophene rings is 1. The van der Waals surface area contributed by atoms with Crippen molar-refractivity contribution in [1.82, 2.24) is 9.55 Å². The summed E-state index contributed by atoms with van der Waals surface area (Å²) in [5, 5.41) is 4.98. The molecule has 7 nitrogen and oxygen atoms in total. The number of carbonyl (C=O) groups is 1. The molecule has 1 amide bonds. The van der Waals surface area contributed by atoms with E-state index in [1.165, 1.54) is 34.4 Å². The van der Waals surface area contributed by atoms with Crippen LogP contribution in [0.3, 0.4) is 0 Å². The van der Waals surface area contributed by atoms with Crippen molar-refractivity contribution < 1.29 is 18.7 Å². The van der Waals surface area contributed by atoms with Crippen molar-refractivity contribution in [2.75, 3.05) is 18.5 Å². The zero-order valence-corrected chi connectivity index (χ0v) is 16.9. The third-order valence-electron chi connectivity index (χ3n) is 4.86. The van der Waals surface area contributed by atoms with Gasteiger partial charge in [0.25, 0.3) is 5.56 Å². The van der Waals surface area contributed by atoms with Gasteiger partial charge < -0.3 is 14.8 Å². The molecular formula is C22H16FN3O4S. The third-order valence-corrected chi connectivity index (χ3v) is 5.74. The van der Waals surface area contributed by atoms with Gasteiger partial charge in [-0.1, -0.05) is 12.1 Å². The van der Waals surface area contributed by atoms with Crippen molar-refractivity contribution in [2.45, 2.75) is 6.54 Å². The van der Waals surface area contributed by atoms with Crippen molar-refractivity contribution >= 4 is 33.1 Å². The van der Waals surface area contributed by atoms with Gasteiger partial charge in [-0.3, -0.25) is 14.2 Å². The van der Waals surface area contributed by atoms with Gasteiger partial charge in [0.1, 0.15) is 30.4 Å². The zero-order chi connectivity index (χ0) is 21.4. The predicted octanol–water partition coefficient (Wildman–Crippen LogP) is 3.67. The first-order valence-electron chi connectivity index (χ1n) is 9.50. The van der Waals surface area contributed by atoms with Crippen LogP contribution in [0.25, 0.3) is 21.3 Å². The Bertz CT molecular complexity index is 1350. The van der Waals surface area contributed by atoms with E-state index in [-0.39, 0.29) is 23.8 Å². The maximum absolute atomic E-state index is 13.3. The smallest absolute Gasteiger partial charge is 0.263 e. The van der Waals surface area contributed by atoms with E-state index in [4.69, 9.17) is 9.47 Å². The first kappa shape index (κ1) is 19.3. The molecule has 0 bridgehead atoms. The molecule has 1 aliphatic heterocycles. The Hall–Kier alpha value is -3.72. The molecular weight excluding hydrogens is 421 g/mol. The molecule has 0 spiro atoms. The van der Waals surface area contributed by atoms with Crippen molar-refractivity contribution in [2.24, 2.45) is 0 Å². The lowest BCUT2D eigenvalue weighted by Crippen LogP contribution is -2.27. The normalized spacial score (nSPS) is 12.7. The number of anilines is 1. The van der Waals surface area contributed by atoms with Crippen LogP contribution >= 0.6 is 11.3 Å². The second kappa shape index (κ2) is 7.84. The highest BCUT2D eigenvalue weighted by Crippen LogP contribution is 2.33. The lowest BCUT2D eigenvalue weighted by atomic mass is 10.1. The number of hydrogen-bond donors (Lipinski definition) is 1. The maximum atomic E-state index is 13.3. The van der Waals surface area contributed by atoms with Crippen LogP contribution in [0, 0.1) is 5.82 Å². The Morgan fingerprint density at radius 1 is 1.13 bits per heavy atom. The number of hydrogen-bond acceptors (Lipinski definition) is 6. The molecule has 156 valence electrons. The summed E-state index contributed by atoms with van der Waals surface area (Å²) in [5.74, 6) is 0.459. The highest BCUT2D eigenvalue weighted by molar-refractivity contribution is 7.17. The van der Waals surface area contributed by atoms with Crippen molar-refractivity contribution in [3.8, 4) is 22.6 Å². The minimum atomic E-state index is -0.376. The van der Waals surface area contributed by atoms with Crippen LogP contribution in [-0.2, 0) is 11.3 Å². The molecule has 0 unspecified atom stereocenters. The molecule has 0 aliphatic carbocycles. The molecule has 4 aromatic rings. The number of halogens is 1. The predicted molar refractivity (Wildman–Crippen MR) is 115 cm³/mol. The van der Waals surface area contributed by atoms with Crippen molar-refractivity contribution in [1.29, 1.82) is 0 Å². The molecule has 2 aromatic heterocycles. The standard InChI is InChI=1S/C22H16FN3O4S/c23-14-3-1-13(2-4-14)16-11-31-21-20(16)22(28)26(12-24-21)10-19(27)25-15-5-6-17-18(9-15)30-8-7-29-17/h1-6,9,11-12H,7-8,10H2,(H,25,27). The number of amides is 1. The lowest BCUT2D eigenvalue weighted by molar-refractivity contribution is -0.116. The van der Waals surface area contributed by atoms with Gasteiger partial charge in [0, 0.05) is 22.7 Å². The van der Waals surface area contributed by atoms with Gasteiger partial charge >= 0.3 is 0 Å². The van der Waals surface area contributed by atoms with E-state index in [9.17, 15) is 14.0 Å². The topological polar surface area (TPSA) is 82.5 Å². The molecule has 3 heterocycles. The maximum Gasteiger partial charge on any atom is 0.263 e. The second-order valence-corrected chi connectivity index (χ2v) is 7.78. The highest BCUT2D eigenvalue weighted by Gasteiger charge is 2.16. The minimum absolute atomic E-state index is 0.199. The van der Waals surface area contributed by atoms with E-state index in [0.29, 0.717) is 51.7 Å². The summed E-state index contributed by atoms with van der Waals surface area (Å²) in [6.07, 6.45) is 1.36. The SMILES string of the molecule is O=C(Cn1cnc2scc(-c3ccc(F)cc3)c2c1=O)Nc1ccc2c(c1)OCCO2. The van der Waals surface area contributed by atoms with Gasteiger partial charge in [-0.25, -0.2) is 9.37 Å². The number of benzene rings is 2. The number of ether oxygens (including phenoxy) is 2. The molecule has 0 saturated heterocycles. The monoisotopic (exact) mass is 437 g/mol. The summed E-state index contributed by atoms with van der Waals surface area (Å²) in [4.78, 5) is 30.5. The van der Waals surface area contributed by atoms with E-state index < -0.39 is 0 Å². The molecule has 0 saturated carbocycles. The van der Waals surface area contributed by atoms with Crippen LogP contribution in [0.15, 0.2) is 59.0 Å². The first-order valence-corrected chi connectivity index (χ1v) is 10.4. The molecule has 1 aliphatic rings. The fraction of sp³-hybridized carbons (Fsp3) is 0.136. The number of rotatable bonds is 4. The van der Waals surface area contributed by atoms with Crippen molar-refractivity contribution in [3.63, 3.8) is 0 Å². The largest absolute Gasteiger partial charge is 0.486 e. The number of fused-ring (bicyclic) bond motifs is 2. The average Bonchev–Trinajstić information content (AvgIpc) is 3.21. The van der Waals surface area contributed by atoms with Crippen LogP contribution in [0.2, 0.25) is 0 Å². The summed E-state index contributed by atoms with van der Waals surface area (Å²) in [6, 6.07) is 11.0. The number of carbonyl (C=O) groups excluding carboxylic acids is 1. The first-order chi connectivity index (χ1) is 15.1. The Morgan fingerprint density at radius 3 is 2.71 bits per heavy atom. The Balaban J connectivity index is 1.41. The summed E-state index contributed by atoms with van der Waals surface area (Å²) >= 11 is 1.33. The molecule has 9 heteroatoms. The van der Waals surface area contributed by atoms with Gasteiger partial charge in [-0.05, 0) is 29.8 Å². The zero-order valence-electron chi connectivity index (χ0n) is 16.1. The van der Waals surface area contributed by atoms with E-state index in [1.54, 1.807) is 30.3 Å². The van der Waals surface area contributed by atoms with Gasteiger partial charge in [0.05, 0.1) is 11.7 Å². The third kappa shape index (κ3) is 3.75. The number of nitrogens with one attached hydrogen (secondary N) is 1. The minimum Gasteiger partial charge on any atom is -0.486 e. The van der Waals surface area contributed by atoms with E-state index in [2.05, 4.69) is 10.3 Å². The lowest BCUT2D eigenvalue weighted by Gasteiger charge is -2.19. The molecule has 0 fully saturated rings. The Kier molecular flexibility index (Phi) is 4.87. The average molecular weight is 437 g/mol. The fourth-order valence-corrected chi connectivity index (χ4v) is 4.30. The van der Waals surface area contributed by atoms with E-state index in [1.807, 2.05) is 5.38 Å².